The van der Waals surface area contributed by atoms with Crippen molar-refractivity contribution in [1.29, 1.82) is 0 Å². The molecule has 110 valence electrons. The van der Waals surface area contributed by atoms with Crippen LogP contribution in [0.2, 0.25) is 0 Å². The zero-order valence-electron chi connectivity index (χ0n) is 12.8. The van der Waals surface area contributed by atoms with Gasteiger partial charge in [-0.05, 0) is 23.6 Å². The number of hydrogen-bond donors (Lipinski definition) is 1. The normalized spacial score (nSPS) is 11.6. The average molecular weight is 281 g/mol. The zero-order valence-corrected chi connectivity index (χ0v) is 12.8. The van der Waals surface area contributed by atoms with E-state index in [1.54, 1.807) is 0 Å². The van der Waals surface area contributed by atoms with Crippen molar-refractivity contribution in [3.63, 3.8) is 0 Å². The summed E-state index contributed by atoms with van der Waals surface area (Å²) in [4.78, 5) is 13.0. The Kier molecular flexibility index (Phi) is 4.92. The average Bonchev–Trinajstić information content (AvgIpc) is 2.50. The van der Waals surface area contributed by atoms with Crippen LogP contribution in [0.5, 0.6) is 0 Å². The van der Waals surface area contributed by atoms with E-state index in [0.717, 1.165) is 11.1 Å². The summed E-state index contributed by atoms with van der Waals surface area (Å²) in [5.41, 5.74) is 7.13. The highest BCUT2D eigenvalue weighted by Crippen LogP contribution is 2.40. The molecular weight excluding hydrogens is 258 g/mol. The van der Waals surface area contributed by atoms with Crippen molar-refractivity contribution in [2.75, 3.05) is 6.54 Å². The predicted molar refractivity (Wildman–Crippen MR) is 87.2 cm³/mol. The molecule has 2 aromatic rings. The van der Waals surface area contributed by atoms with Gasteiger partial charge in [-0.3, -0.25) is 4.79 Å². The lowest BCUT2D eigenvalue weighted by Gasteiger charge is -2.37. The zero-order chi connectivity index (χ0) is 15.3. The first kappa shape index (κ1) is 15.5. The van der Waals surface area contributed by atoms with Crippen molar-refractivity contribution < 1.29 is 4.79 Å². The summed E-state index contributed by atoms with van der Waals surface area (Å²) in [6, 6.07) is 20.1. The van der Waals surface area contributed by atoms with Crippen molar-refractivity contribution in [1.82, 2.24) is 0 Å². The van der Waals surface area contributed by atoms with Crippen molar-refractivity contribution >= 4 is 5.78 Å². The van der Waals surface area contributed by atoms with E-state index in [1.807, 2.05) is 60.7 Å². The second-order valence-corrected chi connectivity index (χ2v) is 5.66. The van der Waals surface area contributed by atoms with Gasteiger partial charge in [-0.25, -0.2) is 0 Å². The Hall–Kier alpha value is -1.93. The van der Waals surface area contributed by atoms with Gasteiger partial charge in [0.15, 0.2) is 0 Å². The van der Waals surface area contributed by atoms with Crippen molar-refractivity contribution in [3.8, 4) is 0 Å². The molecule has 0 heterocycles. The highest BCUT2D eigenvalue weighted by atomic mass is 16.1. The van der Waals surface area contributed by atoms with E-state index in [1.165, 1.54) is 0 Å². The third-order valence-corrected chi connectivity index (χ3v) is 4.14. The highest BCUT2D eigenvalue weighted by molar-refractivity contribution is 5.94. The van der Waals surface area contributed by atoms with E-state index in [4.69, 9.17) is 5.73 Å². The fraction of sp³-hybridized carbons (Fsp3) is 0.316. The number of carbonyl (C=O) groups is 1. The van der Waals surface area contributed by atoms with Crippen LogP contribution in [-0.2, 0) is 10.2 Å². The van der Waals surface area contributed by atoms with Gasteiger partial charge in [0, 0.05) is 6.42 Å². The Morgan fingerprint density at radius 2 is 1.38 bits per heavy atom. The summed E-state index contributed by atoms with van der Waals surface area (Å²) in [7, 11) is 0. The fourth-order valence-corrected chi connectivity index (χ4v) is 3.21. The van der Waals surface area contributed by atoms with Crippen LogP contribution >= 0.6 is 0 Å². The van der Waals surface area contributed by atoms with E-state index in [0.29, 0.717) is 13.0 Å². The molecule has 2 nitrogen and oxygen atoms in total. The largest absolute Gasteiger partial charge is 0.330 e. The Labute approximate surface area is 127 Å². The molecular formula is C19H23NO. The van der Waals surface area contributed by atoms with Crippen LogP contribution in [-0.4, -0.2) is 12.3 Å². The second-order valence-electron chi connectivity index (χ2n) is 5.66. The minimum Gasteiger partial charge on any atom is -0.330 e. The number of benzene rings is 2. The topological polar surface area (TPSA) is 43.1 Å². The summed E-state index contributed by atoms with van der Waals surface area (Å²) in [6.07, 6.45) is 0.391. The quantitative estimate of drug-likeness (QED) is 0.880. The van der Waals surface area contributed by atoms with Gasteiger partial charge >= 0.3 is 0 Å². The summed E-state index contributed by atoms with van der Waals surface area (Å²) in [5, 5.41) is 0. The molecule has 0 atom stereocenters. The lowest BCUT2D eigenvalue weighted by atomic mass is 9.63. The van der Waals surface area contributed by atoms with Crippen molar-refractivity contribution in [3.05, 3.63) is 71.8 Å². The maximum absolute atomic E-state index is 13.0. The molecule has 0 fully saturated rings. The Bertz CT molecular complexity index is 536. The molecule has 2 heteroatoms. The number of Topliss-reactive ketones (excluding diaryl/α,β-unsaturated/α-hetero) is 1. The lowest BCUT2D eigenvalue weighted by Crippen LogP contribution is -2.43. The fourth-order valence-electron chi connectivity index (χ4n) is 3.21. The minimum atomic E-state index is -0.623. The molecule has 0 amide bonds. The minimum absolute atomic E-state index is 0.154. The molecule has 0 aromatic heterocycles. The summed E-state index contributed by atoms with van der Waals surface area (Å²) in [6.45, 7) is 4.59. The van der Waals surface area contributed by atoms with Gasteiger partial charge in [0.05, 0.1) is 5.41 Å². The molecule has 21 heavy (non-hydrogen) atoms. The number of carbonyl (C=O) groups excluding carboxylic acids is 1. The second kappa shape index (κ2) is 6.68. The van der Waals surface area contributed by atoms with Gasteiger partial charge in [-0.1, -0.05) is 74.5 Å². The standard InChI is InChI=1S/C19H23NO/c1-15(2)19(18(21)13-14-20,16-9-5-3-6-10-16)17-11-7-4-8-12-17/h3-12,15H,13-14,20H2,1-2H3. The molecule has 0 saturated carbocycles. The molecule has 0 unspecified atom stereocenters. The summed E-state index contributed by atoms with van der Waals surface area (Å²) in [5.74, 6) is 0.346. The smallest absolute Gasteiger partial charge is 0.149 e. The Morgan fingerprint density at radius 1 is 0.952 bits per heavy atom. The first-order valence-electron chi connectivity index (χ1n) is 7.48. The summed E-state index contributed by atoms with van der Waals surface area (Å²) < 4.78 is 0. The molecule has 0 bridgehead atoms. The van der Waals surface area contributed by atoms with Gasteiger partial charge in [0.1, 0.15) is 5.78 Å². The van der Waals surface area contributed by atoms with Crippen molar-refractivity contribution in [2.24, 2.45) is 11.7 Å². The third kappa shape index (κ3) is 2.77. The molecule has 0 spiro atoms. The van der Waals surface area contributed by atoms with E-state index in [9.17, 15) is 4.79 Å². The molecule has 0 radical (unpaired) electrons. The lowest BCUT2D eigenvalue weighted by molar-refractivity contribution is -0.124. The molecule has 0 aliphatic rings. The number of rotatable bonds is 6. The third-order valence-electron chi connectivity index (χ3n) is 4.14. The molecule has 2 rings (SSSR count). The van der Waals surface area contributed by atoms with Crippen LogP contribution in [0, 0.1) is 5.92 Å². The molecule has 0 saturated heterocycles. The van der Waals surface area contributed by atoms with E-state index >= 15 is 0 Å². The number of hydrogen-bond acceptors (Lipinski definition) is 2. The maximum atomic E-state index is 13.0. The van der Waals surface area contributed by atoms with Crippen LogP contribution in [0.25, 0.3) is 0 Å². The van der Waals surface area contributed by atoms with E-state index in [2.05, 4.69) is 13.8 Å². The molecule has 0 aliphatic heterocycles. The van der Waals surface area contributed by atoms with Gasteiger partial charge in [0.25, 0.3) is 0 Å². The van der Waals surface area contributed by atoms with Crippen LogP contribution in [0.4, 0.5) is 0 Å². The molecule has 2 aromatic carbocycles. The van der Waals surface area contributed by atoms with Gasteiger partial charge in [0.2, 0.25) is 0 Å². The Balaban J connectivity index is 2.70. The first-order valence-corrected chi connectivity index (χ1v) is 7.48. The molecule has 0 aliphatic carbocycles. The SMILES string of the molecule is CC(C)C(C(=O)CCN)(c1ccccc1)c1ccccc1. The van der Waals surface area contributed by atoms with Crippen LogP contribution < -0.4 is 5.73 Å². The number of ketones is 1. The van der Waals surface area contributed by atoms with Crippen LogP contribution in [0.15, 0.2) is 60.7 Å². The van der Waals surface area contributed by atoms with Gasteiger partial charge < -0.3 is 5.73 Å². The monoisotopic (exact) mass is 281 g/mol. The van der Waals surface area contributed by atoms with Crippen LogP contribution in [0.1, 0.15) is 31.4 Å². The maximum Gasteiger partial charge on any atom is 0.149 e. The van der Waals surface area contributed by atoms with Gasteiger partial charge in [-0.2, -0.15) is 0 Å². The first-order chi connectivity index (χ1) is 10.1. The van der Waals surface area contributed by atoms with Crippen molar-refractivity contribution in [2.45, 2.75) is 25.7 Å². The van der Waals surface area contributed by atoms with Gasteiger partial charge in [-0.15, -0.1) is 0 Å². The number of nitrogens with two attached hydrogens (primary N) is 1. The Morgan fingerprint density at radius 3 is 1.71 bits per heavy atom. The molecule has 2 N–H and O–H groups in total. The predicted octanol–water partition coefficient (Wildman–Crippen LogP) is 3.55. The van der Waals surface area contributed by atoms with E-state index < -0.39 is 5.41 Å². The van der Waals surface area contributed by atoms with Crippen LogP contribution in [0.3, 0.4) is 0 Å². The van der Waals surface area contributed by atoms with E-state index in [-0.39, 0.29) is 11.7 Å². The summed E-state index contributed by atoms with van der Waals surface area (Å²) >= 11 is 0. The highest BCUT2D eigenvalue weighted by Gasteiger charge is 2.43.